The molecule has 596 valence electrons. The lowest BCUT2D eigenvalue weighted by Gasteiger charge is -2.38. The first kappa shape index (κ1) is 86.4. The van der Waals surface area contributed by atoms with E-state index < -0.39 is 103 Å². The van der Waals surface area contributed by atoms with Crippen molar-refractivity contribution in [2.24, 2.45) is 5.92 Å². The van der Waals surface area contributed by atoms with Gasteiger partial charge in [-0.15, -0.1) is 0 Å². The average Bonchev–Trinajstić information content (AvgIpc) is 1.55. The van der Waals surface area contributed by atoms with Crippen LogP contribution in [0.2, 0.25) is 0 Å². The molecular weight excluding hydrogens is 1420 g/mol. The van der Waals surface area contributed by atoms with Gasteiger partial charge in [-0.3, -0.25) is 28.8 Å². The lowest BCUT2D eigenvalue weighted by Crippen LogP contribution is -2.61. The molecule has 3 aliphatic rings. The Hall–Kier alpha value is -8.82. The summed E-state index contributed by atoms with van der Waals surface area (Å²) in [5.74, 6) is -6.22. The molecule has 3 aliphatic heterocycles. The number of aromatic nitrogens is 2. The predicted octanol–water partition coefficient (Wildman–Crippen LogP) is 1.30. The van der Waals surface area contributed by atoms with E-state index in [9.17, 15) is 73.8 Å². The number of carbonyl (C=O) groups is 8. The molecule has 0 unspecified atom stereocenters. The Morgan fingerprint density at radius 2 is 1.36 bits per heavy atom. The maximum absolute atomic E-state index is 14.1. The quantitative estimate of drug-likeness (QED) is 0.0245. The molecule has 11 N–H and O–H groups in total. The lowest BCUT2D eigenvalue weighted by molar-refractivity contribution is -0.271. The summed E-state index contributed by atoms with van der Waals surface area (Å²) in [6, 6.07) is 6.51. The number of carbonyl (C=O) groups excluding carboxylic acids is 7. The van der Waals surface area contributed by atoms with E-state index in [0.29, 0.717) is 119 Å². The van der Waals surface area contributed by atoms with Gasteiger partial charge in [-0.25, -0.2) is 14.6 Å². The number of rotatable bonds is 47. The van der Waals surface area contributed by atoms with E-state index in [1.165, 1.54) is 56.7 Å². The molecule has 6 amide bonds. The summed E-state index contributed by atoms with van der Waals surface area (Å²) in [5.41, 5.74) is 0.860. The molecule has 35 nitrogen and oxygen atoms in total. The maximum atomic E-state index is 14.1. The fraction of sp³-hybridized carbons (Fsp3) is 0.589. The number of aromatic hydroxyl groups is 1. The second kappa shape index (κ2) is 42.8. The molecule has 9 atom stereocenters. The van der Waals surface area contributed by atoms with Gasteiger partial charge >= 0.3 is 12.1 Å². The number of pyridine rings is 2. The van der Waals surface area contributed by atoms with E-state index in [1.807, 2.05) is 0 Å². The first-order valence-corrected chi connectivity index (χ1v) is 35.7. The van der Waals surface area contributed by atoms with Crippen molar-refractivity contribution in [2.75, 3.05) is 125 Å². The maximum Gasteiger partial charge on any atom is 0.410 e. The van der Waals surface area contributed by atoms with Gasteiger partial charge in [-0.1, -0.05) is 26.5 Å². The second-order valence-electron chi connectivity index (χ2n) is 26.5. The van der Waals surface area contributed by atoms with Crippen molar-refractivity contribution in [3.8, 4) is 22.9 Å². The third-order valence-electron chi connectivity index (χ3n) is 17.8. The van der Waals surface area contributed by atoms with Crippen LogP contribution >= 0.6 is 0 Å². The van der Waals surface area contributed by atoms with E-state index in [0.717, 1.165) is 4.90 Å². The van der Waals surface area contributed by atoms with Crippen LogP contribution in [0.3, 0.4) is 0 Å². The Morgan fingerprint density at radius 1 is 0.741 bits per heavy atom. The standard InChI is InChI=1S/C73H102N8O27/c1-42(2)60(79-67(90)54(11-9-10-19-74-58(84)17-12-43(3)82)76-59(85)18-20-98-23-24-100-27-28-102-31-32-104-34-33-103-30-29-101-26-25-99-22-21-97-8)68(91)75-44(4)66(89)78-53-14-13-46(35-57(53)107-71-64(88)62(86)63(87)65(108-71)70(93)94)40-106-72(95)80(7)39-49-48-36-47-38-81-55(61(47)77-52(48)15-16-56(49)83)37-51-50(69(81)92)41-105-45(5)73(51,6)96/h13-16,35-37,42,44,54,60,62-65,71,83,86-88,96H,5,9-12,17-34,38-41H2,1-4,6-8H3,(H,74,84)(H,75,91)(H,76,85)(H,78,89)(H,79,90)(H,93,94)/t44-,54-,60-,62-,63-,64+,65-,71+,73+/m0/s1. The van der Waals surface area contributed by atoms with Gasteiger partial charge in [0.15, 0.2) is 6.10 Å². The number of carboxylic acids is 1. The van der Waals surface area contributed by atoms with Crippen LogP contribution in [-0.4, -0.2) is 261 Å². The van der Waals surface area contributed by atoms with E-state index in [1.54, 1.807) is 39.2 Å². The van der Waals surface area contributed by atoms with Gasteiger partial charge in [0.1, 0.15) is 78.3 Å². The van der Waals surface area contributed by atoms with Crippen molar-refractivity contribution in [3.05, 3.63) is 93.0 Å². The summed E-state index contributed by atoms with van der Waals surface area (Å²) < 4.78 is 67.4. The number of aliphatic hydroxyl groups is 4. The van der Waals surface area contributed by atoms with Crippen molar-refractivity contribution >= 4 is 64.0 Å². The molecule has 1 fully saturated rings. The van der Waals surface area contributed by atoms with Gasteiger partial charge in [-0.2, -0.15) is 0 Å². The number of carboxylic acid groups (broad SMARTS) is 1. The second-order valence-corrected chi connectivity index (χ2v) is 26.5. The molecule has 108 heavy (non-hydrogen) atoms. The number of amides is 6. The van der Waals surface area contributed by atoms with Gasteiger partial charge in [0, 0.05) is 62.0 Å². The predicted molar refractivity (Wildman–Crippen MR) is 383 cm³/mol. The van der Waals surface area contributed by atoms with Gasteiger partial charge in [-0.05, 0) is 87.9 Å². The SMILES string of the molecule is C=C1OCc2c(cc3n(c2=O)Cc2cc4c(CN(C)C(=O)OCc5ccc(NC(=O)[C@H](C)NC(=O)[C@@H](NC(=O)[C@H](CCCCNC(=O)CCC(C)=O)NC(=O)CCOCCOCCOCCOCCOCCOCCOCCOC)C(C)C)c(O[C@@H]6O[C@H](C(=O)O)[C@@H](O)[C@H](O)[C@H]6O)c5)c(O)ccc4nc2-3)[C@]1(C)O. The highest BCUT2D eigenvalue weighted by Gasteiger charge is 2.48. The fourth-order valence-electron chi connectivity index (χ4n) is 11.5. The van der Waals surface area contributed by atoms with Crippen LogP contribution in [0.4, 0.5) is 10.5 Å². The summed E-state index contributed by atoms with van der Waals surface area (Å²) in [6.07, 6.45) is -10.6. The smallest absolute Gasteiger partial charge is 0.410 e. The number of aliphatic hydroxyl groups excluding tert-OH is 3. The Balaban J connectivity index is 0.927. The van der Waals surface area contributed by atoms with Gasteiger partial charge in [0.2, 0.25) is 35.8 Å². The van der Waals surface area contributed by atoms with Crippen LogP contribution in [0.1, 0.15) is 101 Å². The Bertz CT molecular complexity index is 3800. The van der Waals surface area contributed by atoms with Gasteiger partial charge in [0.25, 0.3) is 5.56 Å². The van der Waals surface area contributed by atoms with Crippen LogP contribution in [0.5, 0.6) is 11.5 Å². The molecule has 0 aliphatic carbocycles. The van der Waals surface area contributed by atoms with Crippen LogP contribution in [-0.2, 0) is 118 Å². The molecule has 1 saturated heterocycles. The zero-order valence-electron chi connectivity index (χ0n) is 61.9. The summed E-state index contributed by atoms with van der Waals surface area (Å²) in [6.45, 7) is 16.1. The number of phenolic OH excluding ortho intramolecular Hbond substituents is 1. The molecule has 35 heteroatoms. The number of nitrogens with one attached hydrogen (secondary N) is 5. The van der Waals surface area contributed by atoms with E-state index >= 15 is 0 Å². The van der Waals surface area contributed by atoms with Crippen molar-refractivity contribution in [3.63, 3.8) is 0 Å². The van der Waals surface area contributed by atoms with Crippen molar-refractivity contribution in [1.29, 1.82) is 0 Å². The minimum absolute atomic E-state index is 0.0116. The number of Topliss-reactive ketones (excluding diaryl/α,β-unsaturated/α-hetero) is 1. The zero-order chi connectivity index (χ0) is 78.6. The number of benzene rings is 2. The topological polar surface area (TPSA) is 467 Å². The van der Waals surface area contributed by atoms with Crippen LogP contribution < -0.4 is 36.9 Å². The average molecular weight is 1520 g/mol. The molecule has 0 saturated carbocycles. The fourth-order valence-corrected chi connectivity index (χ4v) is 11.5. The summed E-state index contributed by atoms with van der Waals surface area (Å²) in [5, 5.41) is 78.2. The minimum Gasteiger partial charge on any atom is -0.508 e. The number of aliphatic carboxylic acids is 1. The Kier molecular flexibility index (Phi) is 34.2. The van der Waals surface area contributed by atoms with Crippen LogP contribution in [0.15, 0.2) is 59.6 Å². The van der Waals surface area contributed by atoms with E-state index in [4.69, 9.17) is 61.8 Å². The highest BCUT2D eigenvalue weighted by Crippen LogP contribution is 2.41. The zero-order valence-corrected chi connectivity index (χ0v) is 61.9. The molecular formula is C73H102N8O27. The van der Waals surface area contributed by atoms with Crippen molar-refractivity contribution in [2.45, 2.75) is 154 Å². The number of methoxy groups -OCH3 is 1. The van der Waals surface area contributed by atoms with Crippen molar-refractivity contribution in [1.82, 2.24) is 35.7 Å². The molecule has 7 rings (SSSR count). The first-order valence-electron chi connectivity index (χ1n) is 35.7. The molecule has 5 heterocycles. The van der Waals surface area contributed by atoms with Gasteiger partial charge in [0.05, 0.1) is 140 Å². The number of anilines is 1. The highest BCUT2D eigenvalue weighted by molar-refractivity contribution is 5.99. The molecule has 2 aromatic carbocycles. The number of phenols is 1. The molecule has 4 aromatic rings. The van der Waals surface area contributed by atoms with Crippen LogP contribution in [0, 0.1) is 5.92 Å². The van der Waals surface area contributed by atoms with Crippen molar-refractivity contribution < 1.29 is 126 Å². The summed E-state index contributed by atoms with van der Waals surface area (Å²) in [7, 11) is 3.01. The lowest BCUT2D eigenvalue weighted by atomic mass is 9.88. The Morgan fingerprint density at radius 3 is 1.96 bits per heavy atom. The third kappa shape index (κ3) is 25.1. The van der Waals surface area contributed by atoms with Gasteiger partial charge < -0.3 is 128 Å². The number of hydrogen-bond donors (Lipinski definition) is 11. The third-order valence-corrected chi connectivity index (χ3v) is 17.8. The number of fused-ring (bicyclic) bond motifs is 5. The molecule has 0 radical (unpaired) electrons. The number of ketones is 1. The normalized spacial score (nSPS) is 18.7. The number of hydrogen-bond acceptors (Lipinski definition) is 27. The minimum atomic E-state index is -2.10. The monoisotopic (exact) mass is 1520 g/mol. The number of ether oxygens (including phenoxy) is 12. The molecule has 2 aromatic heterocycles. The Labute approximate surface area is 624 Å². The van der Waals surface area contributed by atoms with Crippen LogP contribution in [0.25, 0.3) is 22.3 Å². The van der Waals surface area contributed by atoms with E-state index in [2.05, 4.69) is 33.2 Å². The first-order chi connectivity index (χ1) is 51.6. The van der Waals surface area contributed by atoms with E-state index in [-0.39, 0.29) is 135 Å². The largest absolute Gasteiger partial charge is 0.508 e. The molecule has 0 bridgehead atoms. The highest BCUT2D eigenvalue weighted by atomic mass is 16.7. The number of nitrogens with zero attached hydrogens (tertiary/aromatic N) is 3. The summed E-state index contributed by atoms with van der Waals surface area (Å²) in [4.78, 5) is 125. The number of unbranched alkanes of at least 4 members (excludes halogenated alkanes) is 1. The summed E-state index contributed by atoms with van der Waals surface area (Å²) >= 11 is 0. The molecule has 0 spiro atoms.